The van der Waals surface area contributed by atoms with Gasteiger partial charge in [-0.15, -0.1) is 0 Å². The SMILES string of the molecule is COc1ccccc1N(CC(=O)NC[C@H]1CCCO1)C(=O)CNS(=O)(=O)c1ccc(Cl)cc1. The number of rotatable bonds is 10. The second-order valence-corrected chi connectivity index (χ2v) is 9.57. The molecule has 3 rings (SSSR count). The van der Waals surface area contributed by atoms with E-state index in [1.54, 1.807) is 24.3 Å². The first-order valence-corrected chi connectivity index (χ1v) is 12.2. The molecule has 1 heterocycles. The number of sulfonamides is 1. The van der Waals surface area contributed by atoms with E-state index in [0.717, 1.165) is 12.8 Å². The first kappa shape index (κ1) is 25.0. The van der Waals surface area contributed by atoms with E-state index < -0.39 is 28.4 Å². The van der Waals surface area contributed by atoms with Crippen LogP contribution in [0.3, 0.4) is 0 Å². The van der Waals surface area contributed by atoms with Gasteiger partial charge in [0.05, 0.1) is 30.3 Å². The van der Waals surface area contributed by atoms with Crippen molar-refractivity contribution in [2.45, 2.75) is 23.8 Å². The number of benzene rings is 2. The smallest absolute Gasteiger partial charge is 0.242 e. The summed E-state index contributed by atoms with van der Waals surface area (Å²) in [6, 6.07) is 12.3. The Morgan fingerprint density at radius 2 is 1.91 bits per heavy atom. The van der Waals surface area contributed by atoms with Crippen LogP contribution in [0.1, 0.15) is 12.8 Å². The predicted octanol–water partition coefficient (Wildman–Crippen LogP) is 1.96. The van der Waals surface area contributed by atoms with Crippen LogP contribution in [-0.4, -0.2) is 59.7 Å². The molecule has 0 unspecified atom stereocenters. The molecule has 0 spiro atoms. The minimum Gasteiger partial charge on any atom is -0.495 e. The molecule has 2 aromatic carbocycles. The second kappa shape index (κ2) is 11.5. The van der Waals surface area contributed by atoms with Crippen LogP contribution in [0.4, 0.5) is 5.69 Å². The van der Waals surface area contributed by atoms with Crippen molar-refractivity contribution in [1.82, 2.24) is 10.0 Å². The fourth-order valence-electron chi connectivity index (χ4n) is 3.34. The van der Waals surface area contributed by atoms with E-state index in [4.69, 9.17) is 21.1 Å². The number of ether oxygens (including phenoxy) is 2. The molecule has 2 aromatic rings. The molecule has 1 aliphatic rings. The molecular formula is C22H26ClN3O6S. The quantitative estimate of drug-likeness (QED) is 0.521. The van der Waals surface area contributed by atoms with E-state index in [0.29, 0.717) is 29.6 Å². The maximum absolute atomic E-state index is 13.1. The van der Waals surface area contributed by atoms with Gasteiger partial charge in [0.2, 0.25) is 21.8 Å². The fourth-order valence-corrected chi connectivity index (χ4v) is 4.44. The number of hydrogen-bond acceptors (Lipinski definition) is 6. The molecule has 9 nitrogen and oxygen atoms in total. The average Bonchev–Trinajstić information content (AvgIpc) is 3.34. The summed E-state index contributed by atoms with van der Waals surface area (Å²) in [4.78, 5) is 26.8. The number of hydrogen-bond donors (Lipinski definition) is 2. The standard InChI is InChI=1S/C22H26ClN3O6S/c1-31-20-7-3-2-6-19(20)26(15-21(27)24-13-17-5-4-12-32-17)22(28)14-25-33(29,30)18-10-8-16(23)9-11-18/h2-3,6-11,17,25H,4-5,12-15H2,1H3,(H,24,27)/t17-/m1/s1. The summed E-state index contributed by atoms with van der Waals surface area (Å²) in [6.07, 6.45) is 1.76. The molecule has 0 saturated carbocycles. The van der Waals surface area contributed by atoms with Gasteiger partial charge in [-0.1, -0.05) is 23.7 Å². The van der Waals surface area contributed by atoms with Gasteiger partial charge in [-0.2, -0.15) is 0 Å². The van der Waals surface area contributed by atoms with Gasteiger partial charge in [-0.05, 0) is 49.2 Å². The Morgan fingerprint density at radius 3 is 2.58 bits per heavy atom. The maximum Gasteiger partial charge on any atom is 0.242 e. The van der Waals surface area contributed by atoms with Gasteiger partial charge in [0, 0.05) is 18.2 Å². The lowest BCUT2D eigenvalue weighted by molar-refractivity contribution is -0.123. The first-order valence-electron chi connectivity index (χ1n) is 10.4. The summed E-state index contributed by atoms with van der Waals surface area (Å²) in [6.45, 7) is 0.146. The minimum atomic E-state index is -3.96. The highest BCUT2D eigenvalue weighted by Gasteiger charge is 2.25. The lowest BCUT2D eigenvalue weighted by Gasteiger charge is -2.24. The molecule has 2 amide bonds. The highest BCUT2D eigenvalue weighted by Crippen LogP contribution is 2.27. The molecule has 1 fully saturated rings. The van der Waals surface area contributed by atoms with Crippen molar-refractivity contribution in [2.75, 3.05) is 38.3 Å². The van der Waals surface area contributed by atoms with Crippen LogP contribution in [0.25, 0.3) is 0 Å². The summed E-state index contributed by atoms with van der Waals surface area (Å²) in [7, 11) is -2.51. The Balaban J connectivity index is 1.72. The topological polar surface area (TPSA) is 114 Å². The molecule has 1 atom stereocenters. The number of carbonyl (C=O) groups is 2. The first-order chi connectivity index (χ1) is 15.8. The zero-order valence-electron chi connectivity index (χ0n) is 18.1. The molecule has 178 valence electrons. The van der Waals surface area contributed by atoms with Crippen LogP contribution in [-0.2, 0) is 24.3 Å². The van der Waals surface area contributed by atoms with Gasteiger partial charge < -0.3 is 14.8 Å². The Hall–Kier alpha value is -2.66. The van der Waals surface area contributed by atoms with E-state index in [-0.39, 0.29) is 17.5 Å². The Kier molecular flexibility index (Phi) is 8.67. The van der Waals surface area contributed by atoms with Crippen molar-refractivity contribution in [3.63, 3.8) is 0 Å². The van der Waals surface area contributed by atoms with Crippen molar-refractivity contribution in [3.8, 4) is 5.75 Å². The van der Waals surface area contributed by atoms with Crippen LogP contribution in [0.5, 0.6) is 5.75 Å². The third-order valence-corrected chi connectivity index (χ3v) is 6.74. The molecule has 0 aliphatic carbocycles. The molecule has 1 saturated heterocycles. The lowest BCUT2D eigenvalue weighted by atomic mass is 10.2. The van der Waals surface area contributed by atoms with Gasteiger partial charge in [0.1, 0.15) is 12.3 Å². The Labute approximate surface area is 198 Å². The van der Waals surface area contributed by atoms with Crippen LogP contribution in [0.2, 0.25) is 5.02 Å². The highest BCUT2D eigenvalue weighted by molar-refractivity contribution is 7.89. The summed E-state index contributed by atoms with van der Waals surface area (Å²) in [5.41, 5.74) is 0.350. The Morgan fingerprint density at radius 1 is 1.18 bits per heavy atom. The zero-order chi connectivity index (χ0) is 23.8. The van der Waals surface area contributed by atoms with Gasteiger partial charge in [-0.3, -0.25) is 14.5 Å². The average molecular weight is 496 g/mol. The molecule has 0 aromatic heterocycles. The summed E-state index contributed by atoms with van der Waals surface area (Å²) < 4.78 is 38.2. The number of carbonyl (C=O) groups excluding carboxylic acids is 2. The number of nitrogens with zero attached hydrogens (tertiary/aromatic N) is 1. The minimum absolute atomic E-state index is 0.0298. The van der Waals surface area contributed by atoms with Crippen molar-refractivity contribution in [2.24, 2.45) is 0 Å². The largest absolute Gasteiger partial charge is 0.495 e. The van der Waals surface area contributed by atoms with Crippen molar-refractivity contribution >= 4 is 39.1 Å². The summed E-state index contributed by atoms with van der Waals surface area (Å²) >= 11 is 5.81. The number of amides is 2. The molecular weight excluding hydrogens is 470 g/mol. The van der Waals surface area contributed by atoms with Gasteiger partial charge in [0.25, 0.3) is 0 Å². The summed E-state index contributed by atoms with van der Waals surface area (Å²) in [5.74, 6) is -0.645. The van der Waals surface area contributed by atoms with Crippen LogP contribution >= 0.6 is 11.6 Å². The number of nitrogens with one attached hydrogen (secondary N) is 2. The van der Waals surface area contributed by atoms with Crippen LogP contribution in [0.15, 0.2) is 53.4 Å². The second-order valence-electron chi connectivity index (χ2n) is 7.37. The van der Waals surface area contributed by atoms with E-state index in [1.807, 2.05) is 0 Å². The molecule has 2 N–H and O–H groups in total. The predicted molar refractivity (Wildman–Crippen MR) is 124 cm³/mol. The van der Waals surface area contributed by atoms with Crippen LogP contribution < -0.4 is 19.7 Å². The zero-order valence-corrected chi connectivity index (χ0v) is 19.7. The van der Waals surface area contributed by atoms with Crippen molar-refractivity contribution in [1.29, 1.82) is 0 Å². The molecule has 0 bridgehead atoms. The van der Waals surface area contributed by atoms with Crippen LogP contribution in [0, 0.1) is 0 Å². The lowest BCUT2D eigenvalue weighted by Crippen LogP contribution is -2.46. The molecule has 0 radical (unpaired) electrons. The monoisotopic (exact) mass is 495 g/mol. The van der Waals surface area contributed by atoms with E-state index in [2.05, 4.69) is 10.0 Å². The van der Waals surface area contributed by atoms with E-state index in [1.165, 1.54) is 36.3 Å². The Bertz CT molecular complexity index is 1070. The van der Waals surface area contributed by atoms with Crippen molar-refractivity contribution < 1.29 is 27.5 Å². The van der Waals surface area contributed by atoms with Crippen molar-refractivity contribution in [3.05, 3.63) is 53.6 Å². The number of halogens is 1. The normalized spacial score (nSPS) is 15.8. The number of para-hydroxylation sites is 2. The van der Waals surface area contributed by atoms with E-state index >= 15 is 0 Å². The van der Waals surface area contributed by atoms with E-state index in [9.17, 15) is 18.0 Å². The van der Waals surface area contributed by atoms with Gasteiger partial charge >= 0.3 is 0 Å². The molecule has 1 aliphatic heterocycles. The molecule has 11 heteroatoms. The molecule has 33 heavy (non-hydrogen) atoms. The third kappa shape index (κ3) is 6.91. The van der Waals surface area contributed by atoms with Gasteiger partial charge in [-0.25, -0.2) is 13.1 Å². The maximum atomic E-state index is 13.1. The number of methoxy groups -OCH3 is 1. The fraction of sp³-hybridized carbons (Fsp3) is 0.364. The third-order valence-electron chi connectivity index (χ3n) is 5.07. The summed E-state index contributed by atoms with van der Waals surface area (Å²) in [5, 5.41) is 3.16. The highest BCUT2D eigenvalue weighted by atomic mass is 35.5. The van der Waals surface area contributed by atoms with Gasteiger partial charge in [0.15, 0.2) is 0 Å². The number of anilines is 1.